The Morgan fingerprint density at radius 2 is 1.19 bits per heavy atom. The van der Waals surface area contributed by atoms with Crippen LogP contribution in [-0.4, -0.2) is 25.5 Å². The van der Waals surface area contributed by atoms with Crippen molar-refractivity contribution >= 4 is 21.0 Å². The number of rotatable bonds is 2. The van der Waals surface area contributed by atoms with Crippen molar-refractivity contribution in [1.82, 2.24) is 0 Å². The SMILES string of the molecule is Cc1ccc(S(=O)(=O)[O-])cc1.Cc1ccc([S+](C)C)cc1. The molecule has 0 amide bonds. The lowest BCUT2D eigenvalue weighted by Crippen LogP contribution is -1.97. The first-order valence-electron chi connectivity index (χ1n) is 6.37. The topological polar surface area (TPSA) is 57.2 Å². The zero-order valence-electron chi connectivity index (χ0n) is 12.7. The van der Waals surface area contributed by atoms with Crippen LogP contribution in [0, 0.1) is 13.8 Å². The Bertz CT molecular complexity index is 658. The molecule has 0 saturated heterocycles. The van der Waals surface area contributed by atoms with Gasteiger partial charge in [-0.25, -0.2) is 8.42 Å². The van der Waals surface area contributed by atoms with E-state index in [1.54, 1.807) is 12.1 Å². The van der Waals surface area contributed by atoms with Gasteiger partial charge < -0.3 is 4.55 Å². The monoisotopic (exact) mass is 324 g/mol. The predicted octanol–water partition coefficient (Wildman–Crippen LogP) is 3.13. The Kier molecular flexibility index (Phi) is 6.45. The maximum Gasteiger partial charge on any atom is 0.154 e. The van der Waals surface area contributed by atoms with Crippen LogP contribution in [0.2, 0.25) is 0 Å². The minimum atomic E-state index is -4.27. The van der Waals surface area contributed by atoms with E-state index in [2.05, 4.69) is 43.7 Å². The van der Waals surface area contributed by atoms with Crippen LogP contribution in [0.15, 0.2) is 58.3 Å². The van der Waals surface area contributed by atoms with E-state index in [0.717, 1.165) is 5.56 Å². The van der Waals surface area contributed by atoms with Crippen LogP contribution in [0.1, 0.15) is 11.1 Å². The molecule has 0 fully saturated rings. The summed E-state index contributed by atoms with van der Waals surface area (Å²) < 4.78 is 31.2. The standard InChI is InChI=1S/C9H13S.C7H8O3S/c1-8-4-6-9(7-5-8)10(2)3;1-6-2-4-7(5-3-6)11(8,9)10/h4-7H,1-3H3;2-5H,1H3,(H,8,9,10)/q+1;/p-1. The molecule has 2 aromatic rings. The molecule has 0 spiro atoms. The van der Waals surface area contributed by atoms with Crippen molar-refractivity contribution in [2.24, 2.45) is 0 Å². The summed E-state index contributed by atoms with van der Waals surface area (Å²) in [6.45, 7) is 3.94. The van der Waals surface area contributed by atoms with Crippen molar-refractivity contribution in [2.75, 3.05) is 12.5 Å². The van der Waals surface area contributed by atoms with Crippen LogP contribution in [0.5, 0.6) is 0 Å². The van der Waals surface area contributed by atoms with E-state index in [4.69, 9.17) is 0 Å². The fourth-order valence-corrected chi connectivity index (χ4v) is 2.67. The summed E-state index contributed by atoms with van der Waals surface area (Å²) in [4.78, 5) is 1.27. The summed E-state index contributed by atoms with van der Waals surface area (Å²) in [7, 11) is -3.86. The second kappa shape index (κ2) is 7.64. The van der Waals surface area contributed by atoms with Gasteiger partial charge in [-0.1, -0.05) is 35.4 Å². The van der Waals surface area contributed by atoms with E-state index in [0.29, 0.717) is 10.9 Å². The quantitative estimate of drug-likeness (QED) is 0.630. The Balaban J connectivity index is 0.000000211. The average molecular weight is 324 g/mol. The van der Waals surface area contributed by atoms with E-state index in [9.17, 15) is 13.0 Å². The van der Waals surface area contributed by atoms with E-state index >= 15 is 0 Å². The van der Waals surface area contributed by atoms with Gasteiger partial charge in [0.15, 0.2) is 4.90 Å². The third kappa shape index (κ3) is 6.33. The van der Waals surface area contributed by atoms with Gasteiger partial charge in [0, 0.05) is 10.9 Å². The molecular weight excluding hydrogens is 304 g/mol. The van der Waals surface area contributed by atoms with Crippen molar-refractivity contribution in [1.29, 1.82) is 0 Å². The fraction of sp³-hybridized carbons (Fsp3) is 0.250. The third-order valence-electron chi connectivity index (χ3n) is 2.80. The molecule has 0 bridgehead atoms. The average Bonchev–Trinajstić information content (AvgIpc) is 2.39. The molecule has 0 aromatic heterocycles. The lowest BCUT2D eigenvalue weighted by atomic mass is 10.2. The Morgan fingerprint density at radius 3 is 1.52 bits per heavy atom. The highest BCUT2D eigenvalue weighted by Gasteiger charge is 2.05. The lowest BCUT2D eigenvalue weighted by molar-refractivity contribution is 0.463. The molecule has 0 aliphatic rings. The van der Waals surface area contributed by atoms with E-state index < -0.39 is 10.1 Å². The molecule has 0 heterocycles. The van der Waals surface area contributed by atoms with Crippen LogP contribution in [0.3, 0.4) is 0 Å². The summed E-state index contributed by atoms with van der Waals surface area (Å²) in [5.41, 5.74) is 2.27. The molecule has 2 rings (SSSR count). The van der Waals surface area contributed by atoms with Gasteiger partial charge >= 0.3 is 0 Å². The van der Waals surface area contributed by atoms with Gasteiger partial charge in [-0.2, -0.15) is 0 Å². The van der Waals surface area contributed by atoms with Gasteiger partial charge in [0.25, 0.3) is 0 Å². The molecule has 2 aromatic carbocycles. The minimum Gasteiger partial charge on any atom is -0.744 e. The first kappa shape index (κ1) is 17.8. The molecule has 3 nitrogen and oxygen atoms in total. The van der Waals surface area contributed by atoms with Crippen LogP contribution < -0.4 is 0 Å². The summed E-state index contributed by atoms with van der Waals surface area (Å²) in [5, 5.41) is 0. The van der Waals surface area contributed by atoms with Crippen LogP contribution in [-0.2, 0) is 21.0 Å². The zero-order valence-corrected chi connectivity index (χ0v) is 14.3. The largest absolute Gasteiger partial charge is 0.744 e. The summed E-state index contributed by atoms with van der Waals surface area (Å²) in [5.74, 6) is 0. The van der Waals surface area contributed by atoms with E-state index in [-0.39, 0.29) is 4.90 Å². The molecule has 0 radical (unpaired) electrons. The second-order valence-corrected chi connectivity index (χ2v) is 8.38. The van der Waals surface area contributed by atoms with Gasteiger partial charge in [-0.3, -0.25) is 0 Å². The van der Waals surface area contributed by atoms with Gasteiger partial charge in [-0.05, 0) is 38.1 Å². The van der Waals surface area contributed by atoms with Crippen molar-refractivity contribution in [3.05, 3.63) is 59.7 Å². The van der Waals surface area contributed by atoms with E-state index in [1.807, 2.05) is 6.92 Å². The molecule has 0 N–H and O–H groups in total. The van der Waals surface area contributed by atoms with Gasteiger partial charge in [-0.15, -0.1) is 0 Å². The van der Waals surface area contributed by atoms with Crippen LogP contribution >= 0.6 is 0 Å². The molecule has 21 heavy (non-hydrogen) atoms. The first-order chi connectivity index (χ1) is 9.70. The maximum atomic E-state index is 10.4. The third-order valence-corrected chi connectivity index (χ3v) is 4.87. The molecule has 0 aliphatic carbocycles. The van der Waals surface area contributed by atoms with E-state index in [1.165, 1.54) is 22.6 Å². The fourth-order valence-electron chi connectivity index (χ4n) is 1.52. The van der Waals surface area contributed by atoms with Crippen LogP contribution in [0.4, 0.5) is 0 Å². The summed E-state index contributed by atoms with van der Waals surface area (Å²) in [6.07, 6.45) is 4.48. The molecule has 0 unspecified atom stereocenters. The number of benzene rings is 2. The number of aryl methyl sites for hydroxylation is 2. The van der Waals surface area contributed by atoms with Crippen molar-refractivity contribution < 1.29 is 13.0 Å². The summed E-state index contributed by atoms with van der Waals surface area (Å²) in [6, 6.07) is 14.5. The Hall–Kier alpha value is -1.30. The second-order valence-electron chi connectivity index (χ2n) is 4.90. The highest BCUT2D eigenvalue weighted by molar-refractivity contribution is 7.95. The first-order valence-corrected chi connectivity index (χ1v) is 9.82. The predicted molar refractivity (Wildman–Crippen MR) is 87.8 cm³/mol. The van der Waals surface area contributed by atoms with Gasteiger partial charge in [0.1, 0.15) is 22.6 Å². The molecule has 0 aliphatic heterocycles. The highest BCUT2D eigenvalue weighted by Crippen LogP contribution is 2.09. The smallest absolute Gasteiger partial charge is 0.154 e. The Morgan fingerprint density at radius 1 is 0.810 bits per heavy atom. The zero-order chi connectivity index (χ0) is 16.0. The minimum absolute atomic E-state index is 0.178. The Labute approximate surface area is 130 Å². The molecular formula is C16H20O3S2. The number of hydrogen-bond acceptors (Lipinski definition) is 3. The molecule has 0 atom stereocenters. The lowest BCUT2D eigenvalue weighted by Gasteiger charge is -2.05. The summed E-state index contributed by atoms with van der Waals surface area (Å²) >= 11 is 0. The maximum absolute atomic E-state index is 10.4. The van der Waals surface area contributed by atoms with Gasteiger partial charge in [0.2, 0.25) is 0 Å². The van der Waals surface area contributed by atoms with Gasteiger partial charge in [0.05, 0.1) is 4.90 Å². The number of hydrogen-bond donors (Lipinski definition) is 0. The van der Waals surface area contributed by atoms with Crippen molar-refractivity contribution in [3.8, 4) is 0 Å². The molecule has 0 saturated carbocycles. The van der Waals surface area contributed by atoms with Crippen LogP contribution in [0.25, 0.3) is 0 Å². The molecule has 5 heteroatoms. The highest BCUT2D eigenvalue weighted by atomic mass is 32.2. The van der Waals surface area contributed by atoms with Crippen molar-refractivity contribution in [2.45, 2.75) is 23.6 Å². The van der Waals surface area contributed by atoms with Crippen molar-refractivity contribution in [3.63, 3.8) is 0 Å². The normalized spacial score (nSPS) is 11.0. The molecule has 114 valence electrons.